The highest BCUT2D eigenvalue weighted by Crippen LogP contribution is 2.15. The second-order valence-electron chi connectivity index (χ2n) is 5.64. The minimum Gasteiger partial charge on any atom is -0.369 e. The molecular weight excluding hydrogens is 250 g/mol. The highest BCUT2D eigenvalue weighted by molar-refractivity contribution is 5.76. The topological polar surface area (TPSA) is 35.6 Å². The van der Waals surface area contributed by atoms with E-state index in [1.165, 1.54) is 5.69 Å². The summed E-state index contributed by atoms with van der Waals surface area (Å²) in [5, 5.41) is 2.94. The van der Waals surface area contributed by atoms with Gasteiger partial charge in [-0.25, -0.2) is 0 Å². The third kappa shape index (κ3) is 4.53. The molecule has 1 aromatic rings. The number of nitrogens with one attached hydrogen (secondary N) is 1. The van der Waals surface area contributed by atoms with E-state index in [-0.39, 0.29) is 11.9 Å². The van der Waals surface area contributed by atoms with Crippen molar-refractivity contribution in [2.75, 3.05) is 37.6 Å². The maximum Gasteiger partial charge on any atom is 0.221 e. The molecule has 0 unspecified atom stereocenters. The molecule has 1 aliphatic rings. The Morgan fingerprint density at radius 1 is 1.15 bits per heavy atom. The number of nitrogens with zero attached hydrogens (tertiary/aromatic N) is 2. The molecule has 1 aromatic carbocycles. The molecule has 1 aliphatic heterocycles. The number of benzene rings is 1. The molecule has 0 saturated carbocycles. The van der Waals surface area contributed by atoms with E-state index in [1.54, 1.807) is 0 Å². The Labute approximate surface area is 121 Å². The highest BCUT2D eigenvalue weighted by Gasteiger charge is 2.17. The third-order valence-corrected chi connectivity index (χ3v) is 3.60. The predicted octanol–water partition coefficient (Wildman–Crippen LogP) is 1.72. The number of para-hydroxylation sites is 1. The molecule has 4 nitrogen and oxygen atoms in total. The van der Waals surface area contributed by atoms with Crippen LogP contribution in [0.2, 0.25) is 0 Å². The Bertz CT molecular complexity index is 411. The van der Waals surface area contributed by atoms with Crippen LogP contribution in [0.5, 0.6) is 0 Å². The standard InChI is InChI=1S/C16H25N3O/c1-14(2)17-16(20)8-9-18-10-12-19(13-11-18)15-6-4-3-5-7-15/h3-7,14H,8-13H2,1-2H3,(H,17,20). The van der Waals surface area contributed by atoms with E-state index in [4.69, 9.17) is 0 Å². The predicted molar refractivity (Wildman–Crippen MR) is 83.0 cm³/mol. The number of hydrogen-bond donors (Lipinski definition) is 1. The van der Waals surface area contributed by atoms with Gasteiger partial charge in [0.25, 0.3) is 0 Å². The van der Waals surface area contributed by atoms with E-state index in [0.717, 1.165) is 32.7 Å². The molecule has 2 rings (SSSR count). The first-order valence-electron chi connectivity index (χ1n) is 7.47. The minimum absolute atomic E-state index is 0.158. The van der Waals surface area contributed by atoms with Crippen molar-refractivity contribution >= 4 is 11.6 Å². The molecule has 4 heteroatoms. The number of carbonyl (C=O) groups is 1. The summed E-state index contributed by atoms with van der Waals surface area (Å²) in [6, 6.07) is 10.8. The Hall–Kier alpha value is -1.55. The van der Waals surface area contributed by atoms with Crippen LogP contribution < -0.4 is 10.2 Å². The highest BCUT2D eigenvalue weighted by atomic mass is 16.1. The van der Waals surface area contributed by atoms with E-state index in [0.29, 0.717) is 6.42 Å². The molecule has 110 valence electrons. The van der Waals surface area contributed by atoms with Crippen LogP contribution >= 0.6 is 0 Å². The molecule has 1 N–H and O–H groups in total. The van der Waals surface area contributed by atoms with Crippen molar-refractivity contribution in [2.45, 2.75) is 26.3 Å². The van der Waals surface area contributed by atoms with Crippen LogP contribution in [0.1, 0.15) is 20.3 Å². The molecule has 0 radical (unpaired) electrons. The van der Waals surface area contributed by atoms with Crippen molar-refractivity contribution in [3.63, 3.8) is 0 Å². The van der Waals surface area contributed by atoms with Gasteiger partial charge in [-0.3, -0.25) is 9.69 Å². The summed E-state index contributed by atoms with van der Waals surface area (Å²) < 4.78 is 0. The van der Waals surface area contributed by atoms with Crippen LogP contribution in [0.3, 0.4) is 0 Å². The zero-order valence-electron chi connectivity index (χ0n) is 12.5. The fourth-order valence-corrected chi connectivity index (χ4v) is 2.52. The monoisotopic (exact) mass is 275 g/mol. The van der Waals surface area contributed by atoms with Gasteiger partial charge in [-0.05, 0) is 26.0 Å². The number of rotatable bonds is 5. The average molecular weight is 275 g/mol. The molecule has 0 atom stereocenters. The number of carbonyl (C=O) groups excluding carboxylic acids is 1. The molecule has 0 spiro atoms. The smallest absolute Gasteiger partial charge is 0.221 e. The van der Waals surface area contributed by atoms with Gasteiger partial charge < -0.3 is 10.2 Å². The summed E-state index contributed by atoms with van der Waals surface area (Å²) in [4.78, 5) is 16.4. The van der Waals surface area contributed by atoms with Gasteiger partial charge in [0.2, 0.25) is 5.91 Å². The number of anilines is 1. The maximum absolute atomic E-state index is 11.6. The molecule has 1 heterocycles. The quantitative estimate of drug-likeness (QED) is 0.889. The molecule has 1 amide bonds. The fourth-order valence-electron chi connectivity index (χ4n) is 2.52. The van der Waals surface area contributed by atoms with Crippen molar-refractivity contribution in [3.05, 3.63) is 30.3 Å². The summed E-state index contributed by atoms with van der Waals surface area (Å²) in [6.07, 6.45) is 0.601. The summed E-state index contributed by atoms with van der Waals surface area (Å²) in [6.45, 7) is 8.99. The summed E-state index contributed by atoms with van der Waals surface area (Å²) >= 11 is 0. The first-order valence-corrected chi connectivity index (χ1v) is 7.47. The molecule has 1 saturated heterocycles. The lowest BCUT2D eigenvalue weighted by atomic mass is 10.2. The van der Waals surface area contributed by atoms with E-state index in [2.05, 4.69) is 39.4 Å². The van der Waals surface area contributed by atoms with Crippen LogP contribution in [0.15, 0.2) is 30.3 Å². The summed E-state index contributed by atoms with van der Waals surface area (Å²) in [5.74, 6) is 0.158. The number of piperazine rings is 1. The lowest BCUT2D eigenvalue weighted by Crippen LogP contribution is -2.47. The SMILES string of the molecule is CC(C)NC(=O)CCN1CCN(c2ccccc2)CC1. The number of amides is 1. The van der Waals surface area contributed by atoms with Gasteiger partial charge in [-0.15, -0.1) is 0 Å². The van der Waals surface area contributed by atoms with Gasteiger partial charge in [0, 0.05) is 50.9 Å². The van der Waals surface area contributed by atoms with Crippen molar-refractivity contribution in [1.29, 1.82) is 0 Å². The third-order valence-electron chi connectivity index (χ3n) is 3.60. The Balaban J connectivity index is 1.71. The van der Waals surface area contributed by atoms with Gasteiger partial charge in [0.15, 0.2) is 0 Å². The normalized spacial score (nSPS) is 16.4. The van der Waals surface area contributed by atoms with Gasteiger partial charge in [0.05, 0.1) is 0 Å². The van der Waals surface area contributed by atoms with E-state index in [1.807, 2.05) is 19.9 Å². The van der Waals surface area contributed by atoms with E-state index < -0.39 is 0 Å². The largest absolute Gasteiger partial charge is 0.369 e. The first-order chi connectivity index (χ1) is 9.65. The van der Waals surface area contributed by atoms with Crippen molar-refractivity contribution in [1.82, 2.24) is 10.2 Å². The zero-order chi connectivity index (χ0) is 14.4. The van der Waals surface area contributed by atoms with Gasteiger partial charge in [-0.1, -0.05) is 18.2 Å². The summed E-state index contributed by atoms with van der Waals surface area (Å²) in [5.41, 5.74) is 1.30. The molecule has 0 aromatic heterocycles. The Morgan fingerprint density at radius 2 is 1.80 bits per heavy atom. The van der Waals surface area contributed by atoms with Gasteiger partial charge in [-0.2, -0.15) is 0 Å². The van der Waals surface area contributed by atoms with Crippen LogP contribution in [-0.2, 0) is 4.79 Å². The maximum atomic E-state index is 11.6. The van der Waals surface area contributed by atoms with Gasteiger partial charge in [0.1, 0.15) is 0 Å². The molecule has 0 bridgehead atoms. The Kier molecular flexibility index (Phi) is 5.41. The van der Waals surface area contributed by atoms with Crippen LogP contribution in [0.25, 0.3) is 0 Å². The minimum atomic E-state index is 0.158. The summed E-state index contributed by atoms with van der Waals surface area (Å²) in [7, 11) is 0. The van der Waals surface area contributed by atoms with Crippen LogP contribution in [-0.4, -0.2) is 49.6 Å². The van der Waals surface area contributed by atoms with Crippen LogP contribution in [0, 0.1) is 0 Å². The molecule has 1 fully saturated rings. The molecule has 0 aliphatic carbocycles. The molecule has 20 heavy (non-hydrogen) atoms. The molecular formula is C16H25N3O. The van der Waals surface area contributed by atoms with Crippen molar-refractivity contribution in [2.24, 2.45) is 0 Å². The fraction of sp³-hybridized carbons (Fsp3) is 0.562. The van der Waals surface area contributed by atoms with Crippen molar-refractivity contribution < 1.29 is 4.79 Å². The van der Waals surface area contributed by atoms with E-state index in [9.17, 15) is 4.79 Å². The first kappa shape index (κ1) is 14.9. The lowest BCUT2D eigenvalue weighted by Gasteiger charge is -2.36. The number of hydrogen-bond acceptors (Lipinski definition) is 3. The zero-order valence-corrected chi connectivity index (χ0v) is 12.5. The average Bonchev–Trinajstić information content (AvgIpc) is 2.46. The van der Waals surface area contributed by atoms with Crippen LogP contribution in [0.4, 0.5) is 5.69 Å². The van der Waals surface area contributed by atoms with E-state index >= 15 is 0 Å². The second-order valence-corrected chi connectivity index (χ2v) is 5.64. The van der Waals surface area contributed by atoms with Crippen molar-refractivity contribution in [3.8, 4) is 0 Å². The Morgan fingerprint density at radius 3 is 2.40 bits per heavy atom. The van der Waals surface area contributed by atoms with Gasteiger partial charge >= 0.3 is 0 Å². The second kappa shape index (κ2) is 7.29. The lowest BCUT2D eigenvalue weighted by molar-refractivity contribution is -0.121.